The van der Waals surface area contributed by atoms with Crippen molar-refractivity contribution in [3.63, 3.8) is 0 Å². The second-order valence-corrected chi connectivity index (χ2v) is 3.97. The molecule has 96 valence electrons. The summed E-state index contributed by atoms with van der Waals surface area (Å²) >= 11 is 0. The fourth-order valence-corrected chi connectivity index (χ4v) is 1.74. The Morgan fingerprint density at radius 1 is 1.00 bits per heavy atom. The van der Waals surface area contributed by atoms with Crippen LogP contribution in [-0.2, 0) is 0 Å². The van der Waals surface area contributed by atoms with Gasteiger partial charge in [-0.3, -0.25) is 0 Å². The number of aromatic hydroxyl groups is 2. The van der Waals surface area contributed by atoms with E-state index < -0.39 is 5.97 Å². The number of hydrogen-bond acceptors (Lipinski definition) is 3. The summed E-state index contributed by atoms with van der Waals surface area (Å²) in [6.45, 7) is 0. The summed E-state index contributed by atoms with van der Waals surface area (Å²) < 4.78 is 0. The van der Waals surface area contributed by atoms with E-state index in [0.717, 1.165) is 5.56 Å². The Morgan fingerprint density at radius 3 is 2.42 bits per heavy atom. The van der Waals surface area contributed by atoms with E-state index in [1.165, 1.54) is 6.07 Å². The van der Waals surface area contributed by atoms with E-state index in [1.807, 2.05) is 0 Å². The molecule has 0 atom stereocenters. The van der Waals surface area contributed by atoms with E-state index in [0.29, 0.717) is 5.56 Å². The molecule has 0 radical (unpaired) electrons. The zero-order valence-corrected chi connectivity index (χ0v) is 9.95. The average molecular weight is 256 g/mol. The highest BCUT2D eigenvalue weighted by Gasteiger charge is 2.12. The van der Waals surface area contributed by atoms with E-state index in [9.17, 15) is 15.0 Å². The Labute approximate surface area is 109 Å². The van der Waals surface area contributed by atoms with E-state index >= 15 is 0 Å². The van der Waals surface area contributed by atoms with Crippen molar-refractivity contribution in [2.75, 3.05) is 0 Å². The molecule has 2 aromatic rings. The van der Waals surface area contributed by atoms with Gasteiger partial charge in [-0.1, -0.05) is 36.4 Å². The fraction of sp³-hybridized carbons (Fsp3) is 0. The van der Waals surface area contributed by atoms with Gasteiger partial charge in [0.05, 0.1) is 0 Å². The van der Waals surface area contributed by atoms with Crippen LogP contribution >= 0.6 is 0 Å². The summed E-state index contributed by atoms with van der Waals surface area (Å²) in [5.41, 5.74) is 0.995. The quantitative estimate of drug-likeness (QED) is 0.738. The lowest BCUT2D eigenvalue weighted by molar-refractivity contribution is 0.0693. The molecule has 0 aromatic heterocycles. The number of phenolic OH excluding ortho intramolecular Hbond substituents is 1. The minimum atomic E-state index is -1.19. The third-order valence-electron chi connectivity index (χ3n) is 2.61. The van der Waals surface area contributed by atoms with E-state index in [1.54, 1.807) is 48.6 Å². The number of benzene rings is 2. The van der Waals surface area contributed by atoms with Crippen LogP contribution in [0.2, 0.25) is 0 Å². The molecule has 2 rings (SSSR count). The van der Waals surface area contributed by atoms with Crippen molar-refractivity contribution in [3.8, 4) is 11.5 Å². The minimum absolute atomic E-state index is 0.136. The minimum Gasteiger partial charge on any atom is -0.508 e. The first kappa shape index (κ1) is 12.7. The van der Waals surface area contributed by atoms with Crippen molar-refractivity contribution >= 4 is 18.1 Å². The van der Waals surface area contributed by atoms with Crippen molar-refractivity contribution in [1.82, 2.24) is 0 Å². The summed E-state index contributed by atoms with van der Waals surface area (Å²) in [4.78, 5) is 11.1. The average Bonchev–Trinajstić information content (AvgIpc) is 2.36. The maximum absolute atomic E-state index is 11.1. The SMILES string of the molecule is O=C(O)c1c(O)cccc1/C=C/c1cccc(O)c1. The molecule has 0 aliphatic rings. The molecule has 0 heterocycles. The normalized spacial score (nSPS) is 10.7. The van der Waals surface area contributed by atoms with Gasteiger partial charge in [0.15, 0.2) is 0 Å². The Bertz CT molecular complexity index is 644. The van der Waals surface area contributed by atoms with Gasteiger partial charge in [0, 0.05) is 0 Å². The third-order valence-corrected chi connectivity index (χ3v) is 2.61. The van der Waals surface area contributed by atoms with Crippen molar-refractivity contribution in [2.24, 2.45) is 0 Å². The largest absolute Gasteiger partial charge is 0.508 e. The number of phenols is 2. The molecular weight excluding hydrogens is 244 g/mol. The highest BCUT2D eigenvalue weighted by Crippen LogP contribution is 2.23. The van der Waals surface area contributed by atoms with Gasteiger partial charge in [0.2, 0.25) is 0 Å². The maximum atomic E-state index is 11.1. The molecular formula is C15H12O4. The van der Waals surface area contributed by atoms with Gasteiger partial charge in [-0.15, -0.1) is 0 Å². The lowest BCUT2D eigenvalue weighted by atomic mass is 10.0. The highest BCUT2D eigenvalue weighted by atomic mass is 16.4. The van der Waals surface area contributed by atoms with Gasteiger partial charge >= 0.3 is 5.97 Å². The molecule has 0 saturated heterocycles. The zero-order chi connectivity index (χ0) is 13.8. The number of rotatable bonds is 3. The molecule has 3 N–H and O–H groups in total. The van der Waals surface area contributed by atoms with Crippen molar-refractivity contribution in [2.45, 2.75) is 0 Å². The number of carboxylic acids is 1. The van der Waals surface area contributed by atoms with Gasteiger partial charge in [-0.25, -0.2) is 4.79 Å². The van der Waals surface area contributed by atoms with Crippen molar-refractivity contribution in [1.29, 1.82) is 0 Å². The first-order valence-corrected chi connectivity index (χ1v) is 5.60. The summed E-state index contributed by atoms with van der Waals surface area (Å²) in [5.74, 6) is -1.32. The summed E-state index contributed by atoms with van der Waals surface area (Å²) in [5, 5.41) is 27.9. The van der Waals surface area contributed by atoms with Gasteiger partial charge in [-0.05, 0) is 29.3 Å². The van der Waals surface area contributed by atoms with Crippen LogP contribution in [0.15, 0.2) is 42.5 Å². The van der Waals surface area contributed by atoms with Crippen molar-refractivity contribution in [3.05, 3.63) is 59.2 Å². The molecule has 0 unspecified atom stereocenters. The molecule has 0 fully saturated rings. The predicted molar refractivity (Wildman–Crippen MR) is 72.1 cm³/mol. The van der Waals surface area contributed by atoms with Crippen LogP contribution in [0, 0.1) is 0 Å². The van der Waals surface area contributed by atoms with E-state index in [-0.39, 0.29) is 17.1 Å². The van der Waals surface area contributed by atoms with Crippen LogP contribution in [0.1, 0.15) is 21.5 Å². The summed E-state index contributed by atoms with van der Waals surface area (Å²) in [6.07, 6.45) is 3.25. The molecule has 4 heteroatoms. The van der Waals surface area contributed by atoms with Crippen LogP contribution in [-0.4, -0.2) is 21.3 Å². The van der Waals surface area contributed by atoms with Gasteiger partial charge in [0.1, 0.15) is 17.1 Å². The van der Waals surface area contributed by atoms with Crippen LogP contribution in [0.4, 0.5) is 0 Å². The summed E-state index contributed by atoms with van der Waals surface area (Å²) in [7, 11) is 0. The van der Waals surface area contributed by atoms with E-state index in [2.05, 4.69) is 0 Å². The Hall–Kier alpha value is -2.75. The first-order valence-electron chi connectivity index (χ1n) is 5.60. The molecule has 0 amide bonds. The Morgan fingerprint density at radius 2 is 1.74 bits per heavy atom. The number of aromatic carboxylic acids is 1. The summed E-state index contributed by atoms with van der Waals surface area (Å²) in [6, 6.07) is 11.1. The zero-order valence-electron chi connectivity index (χ0n) is 9.95. The van der Waals surface area contributed by atoms with Gasteiger partial charge in [-0.2, -0.15) is 0 Å². The molecule has 4 nitrogen and oxygen atoms in total. The monoisotopic (exact) mass is 256 g/mol. The van der Waals surface area contributed by atoms with Crippen molar-refractivity contribution < 1.29 is 20.1 Å². The molecule has 2 aromatic carbocycles. The Kier molecular flexibility index (Phi) is 3.52. The van der Waals surface area contributed by atoms with Crippen LogP contribution in [0.25, 0.3) is 12.2 Å². The lowest BCUT2D eigenvalue weighted by Gasteiger charge is -2.03. The van der Waals surface area contributed by atoms with Gasteiger partial charge in [0.25, 0.3) is 0 Å². The lowest BCUT2D eigenvalue weighted by Crippen LogP contribution is -1.99. The van der Waals surface area contributed by atoms with Crippen LogP contribution in [0.5, 0.6) is 11.5 Å². The molecule has 0 aliphatic heterocycles. The highest BCUT2D eigenvalue weighted by molar-refractivity contribution is 5.96. The standard InChI is InChI=1S/C15H12O4/c16-12-5-1-3-10(9-12)7-8-11-4-2-6-13(17)14(11)15(18)19/h1-9,16-17H,(H,18,19)/b8-7+. The molecule has 0 aliphatic carbocycles. The van der Waals surface area contributed by atoms with Crippen LogP contribution in [0.3, 0.4) is 0 Å². The molecule has 0 bridgehead atoms. The fourth-order valence-electron chi connectivity index (χ4n) is 1.74. The topological polar surface area (TPSA) is 77.8 Å². The Balaban J connectivity index is 2.39. The van der Waals surface area contributed by atoms with Crippen LogP contribution < -0.4 is 0 Å². The molecule has 0 spiro atoms. The first-order chi connectivity index (χ1) is 9.08. The van der Waals surface area contributed by atoms with Gasteiger partial charge < -0.3 is 15.3 Å². The van der Waals surface area contributed by atoms with E-state index in [4.69, 9.17) is 5.11 Å². The maximum Gasteiger partial charge on any atom is 0.340 e. The number of hydrogen-bond donors (Lipinski definition) is 3. The molecule has 19 heavy (non-hydrogen) atoms. The second kappa shape index (κ2) is 5.27. The predicted octanol–water partition coefficient (Wildman–Crippen LogP) is 2.97. The second-order valence-electron chi connectivity index (χ2n) is 3.97. The number of carbonyl (C=O) groups is 1. The smallest absolute Gasteiger partial charge is 0.340 e. The number of carboxylic acid groups (broad SMARTS) is 1. The third kappa shape index (κ3) is 2.93. The molecule has 0 saturated carbocycles.